The molecule has 0 aliphatic heterocycles. The van der Waals surface area contributed by atoms with Crippen molar-refractivity contribution < 1.29 is 4.74 Å². The average Bonchev–Trinajstić information content (AvgIpc) is 2.72. The number of hydrogen-bond acceptors (Lipinski definition) is 5. The van der Waals surface area contributed by atoms with E-state index in [1.54, 1.807) is 0 Å². The van der Waals surface area contributed by atoms with Gasteiger partial charge in [0.05, 0.1) is 6.54 Å². The summed E-state index contributed by atoms with van der Waals surface area (Å²) in [6.45, 7) is 10.4. The van der Waals surface area contributed by atoms with Gasteiger partial charge in [0.15, 0.2) is 5.82 Å². The summed E-state index contributed by atoms with van der Waals surface area (Å²) in [5, 5.41) is 15.0. The molecule has 0 saturated carbocycles. The summed E-state index contributed by atoms with van der Waals surface area (Å²) in [4.78, 5) is 0. The van der Waals surface area contributed by atoms with Crippen LogP contribution in [0.3, 0.4) is 0 Å². The van der Waals surface area contributed by atoms with Crippen molar-refractivity contribution in [2.45, 2.75) is 40.3 Å². The summed E-state index contributed by atoms with van der Waals surface area (Å²) in [7, 11) is 0. The van der Waals surface area contributed by atoms with E-state index in [9.17, 15) is 0 Å². The van der Waals surface area contributed by atoms with Gasteiger partial charge in [-0.1, -0.05) is 13.8 Å². The van der Waals surface area contributed by atoms with Gasteiger partial charge in [0.25, 0.3) is 0 Å². The maximum Gasteiger partial charge on any atom is 0.165 e. The minimum Gasteiger partial charge on any atom is -0.382 e. The van der Waals surface area contributed by atoms with E-state index in [1.807, 2.05) is 11.6 Å². The van der Waals surface area contributed by atoms with E-state index in [0.29, 0.717) is 5.92 Å². The Morgan fingerprint density at radius 1 is 1.41 bits per heavy atom. The highest BCUT2D eigenvalue weighted by molar-refractivity contribution is 4.79. The van der Waals surface area contributed by atoms with Gasteiger partial charge >= 0.3 is 0 Å². The maximum absolute atomic E-state index is 5.29. The van der Waals surface area contributed by atoms with Crippen LogP contribution in [0.5, 0.6) is 0 Å². The quantitative estimate of drug-likeness (QED) is 0.649. The molecule has 0 radical (unpaired) electrons. The molecule has 0 aliphatic rings. The van der Waals surface area contributed by atoms with Crippen LogP contribution in [0, 0.1) is 5.92 Å². The predicted octanol–water partition coefficient (Wildman–Crippen LogP) is 0.845. The molecule has 0 spiro atoms. The van der Waals surface area contributed by atoms with E-state index in [0.717, 1.165) is 45.1 Å². The van der Waals surface area contributed by atoms with Crippen LogP contribution in [0.4, 0.5) is 0 Å². The highest BCUT2D eigenvalue weighted by Gasteiger charge is 2.05. The molecule has 6 nitrogen and oxygen atoms in total. The lowest BCUT2D eigenvalue weighted by Gasteiger charge is -2.07. The molecule has 0 amide bonds. The molecule has 1 rings (SSSR count). The van der Waals surface area contributed by atoms with Crippen LogP contribution in [-0.2, 0) is 17.8 Å². The zero-order valence-corrected chi connectivity index (χ0v) is 11.0. The van der Waals surface area contributed by atoms with Gasteiger partial charge in [-0.25, -0.2) is 4.68 Å². The van der Waals surface area contributed by atoms with Crippen LogP contribution >= 0.6 is 0 Å². The molecule has 1 aromatic rings. The van der Waals surface area contributed by atoms with Gasteiger partial charge in [-0.05, 0) is 36.2 Å². The Bertz CT molecular complexity index is 300. The minimum absolute atomic E-state index is 0.636. The number of hydrogen-bond donors (Lipinski definition) is 1. The Kier molecular flexibility index (Phi) is 6.73. The molecule has 0 unspecified atom stereocenters. The zero-order chi connectivity index (χ0) is 12.5. The van der Waals surface area contributed by atoms with E-state index in [4.69, 9.17) is 4.74 Å². The van der Waals surface area contributed by atoms with Gasteiger partial charge in [-0.3, -0.25) is 0 Å². The number of nitrogens with one attached hydrogen (secondary N) is 1. The van der Waals surface area contributed by atoms with Gasteiger partial charge in [0.2, 0.25) is 0 Å². The van der Waals surface area contributed by atoms with Crippen LogP contribution < -0.4 is 5.32 Å². The molecule has 1 N–H and O–H groups in total. The van der Waals surface area contributed by atoms with Crippen molar-refractivity contribution in [2.24, 2.45) is 5.92 Å². The summed E-state index contributed by atoms with van der Waals surface area (Å²) < 4.78 is 7.13. The molecule has 1 heterocycles. The van der Waals surface area contributed by atoms with E-state index < -0.39 is 0 Å². The first-order valence-corrected chi connectivity index (χ1v) is 6.27. The molecule has 98 valence electrons. The molecule has 0 atom stereocenters. The van der Waals surface area contributed by atoms with Crippen molar-refractivity contribution in [3.63, 3.8) is 0 Å². The standard InChI is InChI=1S/C11H23N5O/c1-4-17-7-5-6-16-11(13-14-15-16)9-12-8-10(2)3/h10,12H,4-9H2,1-3H3. The summed E-state index contributed by atoms with van der Waals surface area (Å²) in [5.74, 6) is 1.53. The Hall–Kier alpha value is -1.01. The van der Waals surface area contributed by atoms with Crippen LogP contribution in [0.15, 0.2) is 0 Å². The Morgan fingerprint density at radius 3 is 2.94 bits per heavy atom. The Morgan fingerprint density at radius 2 is 2.24 bits per heavy atom. The second-order valence-corrected chi connectivity index (χ2v) is 4.39. The summed E-state index contributed by atoms with van der Waals surface area (Å²) in [6.07, 6.45) is 0.941. The molecule has 0 fully saturated rings. The fraction of sp³-hybridized carbons (Fsp3) is 0.909. The second-order valence-electron chi connectivity index (χ2n) is 4.39. The van der Waals surface area contributed by atoms with Crippen molar-refractivity contribution >= 4 is 0 Å². The number of aryl methyl sites for hydroxylation is 1. The molecular formula is C11H23N5O. The van der Waals surface area contributed by atoms with Crippen LogP contribution in [0.25, 0.3) is 0 Å². The number of aromatic nitrogens is 4. The lowest BCUT2D eigenvalue weighted by atomic mass is 10.2. The van der Waals surface area contributed by atoms with Gasteiger partial charge < -0.3 is 10.1 Å². The van der Waals surface area contributed by atoms with Gasteiger partial charge in [-0.2, -0.15) is 0 Å². The molecule has 0 bridgehead atoms. The number of ether oxygens (including phenoxy) is 1. The largest absolute Gasteiger partial charge is 0.382 e. The van der Waals surface area contributed by atoms with Crippen molar-refractivity contribution in [1.82, 2.24) is 25.5 Å². The Labute approximate surface area is 103 Å². The molecule has 1 aromatic heterocycles. The number of nitrogens with zero attached hydrogens (tertiary/aromatic N) is 4. The van der Waals surface area contributed by atoms with Crippen molar-refractivity contribution in [1.29, 1.82) is 0 Å². The van der Waals surface area contributed by atoms with Gasteiger partial charge in [0.1, 0.15) is 0 Å². The highest BCUT2D eigenvalue weighted by Crippen LogP contribution is 1.96. The van der Waals surface area contributed by atoms with E-state index >= 15 is 0 Å². The number of rotatable bonds is 9. The minimum atomic E-state index is 0.636. The lowest BCUT2D eigenvalue weighted by Crippen LogP contribution is -2.22. The molecule has 0 saturated heterocycles. The number of tetrazole rings is 1. The molecule has 6 heteroatoms. The van der Waals surface area contributed by atoms with E-state index in [2.05, 4.69) is 34.7 Å². The monoisotopic (exact) mass is 241 g/mol. The average molecular weight is 241 g/mol. The summed E-state index contributed by atoms with van der Waals surface area (Å²) in [5.41, 5.74) is 0. The van der Waals surface area contributed by atoms with Gasteiger partial charge in [0, 0.05) is 19.8 Å². The molecule has 17 heavy (non-hydrogen) atoms. The fourth-order valence-electron chi connectivity index (χ4n) is 1.46. The first-order chi connectivity index (χ1) is 8.24. The third-order valence-corrected chi connectivity index (χ3v) is 2.30. The predicted molar refractivity (Wildman–Crippen MR) is 65.5 cm³/mol. The second kappa shape index (κ2) is 8.14. The topological polar surface area (TPSA) is 64.9 Å². The summed E-state index contributed by atoms with van der Waals surface area (Å²) >= 11 is 0. The smallest absolute Gasteiger partial charge is 0.165 e. The van der Waals surface area contributed by atoms with Crippen LogP contribution in [-0.4, -0.2) is 40.0 Å². The van der Waals surface area contributed by atoms with E-state index in [1.165, 1.54) is 0 Å². The zero-order valence-electron chi connectivity index (χ0n) is 11.0. The fourth-order valence-corrected chi connectivity index (χ4v) is 1.46. The highest BCUT2D eigenvalue weighted by atomic mass is 16.5. The van der Waals surface area contributed by atoms with Crippen LogP contribution in [0.1, 0.15) is 33.0 Å². The first-order valence-electron chi connectivity index (χ1n) is 6.27. The van der Waals surface area contributed by atoms with E-state index in [-0.39, 0.29) is 0 Å². The molecule has 0 aliphatic carbocycles. The Balaban J connectivity index is 2.27. The SMILES string of the molecule is CCOCCCn1nnnc1CNCC(C)C. The maximum atomic E-state index is 5.29. The lowest BCUT2D eigenvalue weighted by molar-refractivity contribution is 0.140. The van der Waals surface area contributed by atoms with Gasteiger partial charge in [-0.15, -0.1) is 5.10 Å². The summed E-state index contributed by atoms with van der Waals surface area (Å²) in [6, 6.07) is 0. The van der Waals surface area contributed by atoms with Crippen molar-refractivity contribution in [3.8, 4) is 0 Å². The van der Waals surface area contributed by atoms with Crippen molar-refractivity contribution in [3.05, 3.63) is 5.82 Å². The third-order valence-electron chi connectivity index (χ3n) is 2.30. The normalized spacial score (nSPS) is 11.3. The molecular weight excluding hydrogens is 218 g/mol. The molecule has 0 aromatic carbocycles. The van der Waals surface area contributed by atoms with Crippen molar-refractivity contribution in [2.75, 3.05) is 19.8 Å². The third kappa shape index (κ3) is 5.74. The first kappa shape index (κ1) is 14.1. The van der Waals surface area contributed by atoms with Crippen LogP contribution in [0.2, 0.25) is 0 Å².